The van der Waals surface area contributed by atoms with Gasteiger partial charge in [0.25, 0.3) is 9.05 Å². The molecule has 0 atom stereocenters. The fourth-order valence-electron chi connectivity index (χ4n) is 0.966. The molecular formula is C8H7Cl3O2S. The van der Waals surface area contributed by atoms with E-state index in [1.807, 2.05) is 0 Å². The van der Waals surface area contributed by atoms with Crippen LogP contribution in [0.15, 0.2) is 29.2 Å². The predicted molar refractivity (Wildman–Crippen MR) is 58.7 cm³/mol. The first-order valence-corrected chi connectivity index (χ1v) is 6.89. The second-order valence-corrected chi connectivity index (χ2v) is 6.52. The van der Waals surface area contributed by atoms with E-state index in [1.54, 1.807) is 12.1 Å². The first kappa shape index (κ1) is 12.1. The summed E-state index contributed by atoms with van der Waals surface area (Å²) in [6.45, 7) is 0. The molecule has 0 N–H and O–H groups in total. The highest BCUT2D eigenvalue weighted by Crippen LogP contribution is 2.17. The van der Waals surface area contributed by atoms with Gasteiger partial charge in [-0.25, -0.2) is 8.42 Å². The molecule has 1 rings (SSSR count). The van der Waals surface area contributed by atoms with E-state index >= 15 is 0 Å². The van der Waals surface area contributed by atoms with E-state index in [4.69, 9.17) is 33.9 Å². The third-order valence-corrected chi connectivity index (χ3v) is 3.27. The number of benzene rings is 1. The monoisotopic (exact) mass is 272 g/mol. The summed E-state index contributed by atoms with van der Waals surface area (Å²) in [5.41, 5.74) is 0.865. The average Bonchev–Trinajstić information content (AvgIpc) is 2.02. The molecule has 0 saturated heterocycles. The van der Waals surface area contributed by atoms with Crippen molar-refractivity contribution >= 4 is 42.9 Å². The Hall–Kier alpha value is 0.0400. The van der Waals surface area contributed by atoms with Crippen molar-refractivity contribution in [2.75, 3.05) is 0 Å². The van der Waals surface area contributed by atoms with Crippen LogP contribution in [-0.4, -0.2) is 13.3 Å². The van der Waals surface area contributed by atoms with Gasteiger partial charge in [-0.1, -0.05) is 12.1 Å². The Kier molecular flexibility index (Phi) is 4.07. The molecule has 0 aromatic heterocycles. The average molecular weight is 274 g/mol. The van der Waals surface area contributed by atoms with Crippen LogP contribution in [0.4, 0.5) is 0 Å². The molecule has 1 aromatic rings. The van der Waals surface area contributed by atoms with Crippen LogP contribution in [0.1, 0.15) is 5.56 Å². The molecule has 0 aliphatic carbocycles. The van der Waals surface area contributed by atoms with Crippen LogP contribution in [0.25, 0.3) is 0 Å². The highest BCUT2D eigenvalue weighted by atomic mass is 35.7. The minimum Gasteiger partial charge on any atom is -0.207 e. The highest BCUT2D eigenvalue weighted by Gasteiger charge is 2.09. The van der Waals surface area contributed by atoms with Crippen molar-refractivity contribution in [2.45, 2.75) is 16.2 Å². The Balaban J connectivity index is 2.90. The minimum atomic E-state index is -3.64. The van der Waals surface area contributed by atoms with Crippen LogP contribution in [0.2, 0.25) is 0 Å². The maximum absolute atomic E-state index is 10.9. The van der Waals surface area contributed by atoms with Crippen molar-refractivity contribution in [2.24, 2.45) is 0 Å². The molecule has 0 amide bonds. The third kappa shape index (κ3) is 3.65. The van der Waals surface area contributed by atoms with Crippen LogP contribution in [0, 0.1) is 0 Å². The van der Waals surface area contributed by atoms with Gasteiger partial charge in [0.1, 0.15) is 4.84 Å². The van der Waals surface area contributed by atoms with E-state index in [-0.39, 0.29) is 4.90 Å². The molecule has 0 radical (unpaired) electrons. The number of alkyl halides is 2. The maximum Gasteiger partial charge on any atom is 0.261 e. The molecule has 0 saturated carbocycles. The van der Waals surface area contributed by atoms with Crippen LogP contribution in [0.5, 0.6) is 0 Å². The van der Waals surface area contributed by atoms with Crippen LogP contribution < -0.4 is 0 Å². The zero-order valence-corrected chi connectivity index (χ0v) is 10.0. The largest absolute Gasteiger partial charge is 0.261 e. The van der Waals surface area contributed by atoms with E-state index in [0.29, 0.717) is 6.42 Å². The zero-order chi connectivity index (χ0) is 10.8. The van der Waals surface area contributed by atoms with Crippen molar-refractivity contribution in [1.82, 2.24) is 0 Å². The van der Waals surface area contributed by atoms with Gasteiger partial charge in [-0.05, 0) is 17.7 Å². The lowest BCUT2D eigenvalue weighted by Gasteiger charge is -2.02. The molecule has 14 heavy (non-hydrogen) atoms. The predicted octanol–water partition coefficient (Wildman–Crippen LogP) is 2.96. The van der Waals surface area contributed by atoms with Crippen LogP contribution in [0.3, 0.4) is 0 Å². The van der Waals surface area contributed by atoms with E-state index in [2.05, 4.69) is 0 Å². The number of halogens is 3. The Morgan fingerprint density at radius 2 is 1.64 bits per heavy atom. The summed E-state index contributed by atoms with van der Waals surface area (Å²) in [6.07, 6.45) is 0.478. The first-order valence-electron chi connectivity index (χ1n) is 3.71. The molecule has 0 spiro atoms. The lowest BCUT2D eigenvalue weighted by molar-refractivity contribution is 0.609. The van der Waals surface area contributed by atoms with Crippen LogP contribution in [-0.2, 0) is 15.5 Å². The lowest BCUT2D eigenvalue weighted by atomic mass is 10.2. The van der Waals surface area contributed by atoms with Crippen molar-refractivity contribution in [3.8, 4) is 0 Å². The molecule has 0 aliphatic rings. The Bertz CT molecular complexity index is 397. The smallest absolute Gasteiger partial charge is 0.207 e. The number of hydrogen-bond donors (Lipinski definition) is 0. The van der Waals surface area contributed by atoms with E-state index in [0.717, 1.165) is 5.56 Å². The molecule has 0 unspecified atom stereocenters. The van der Waals surface area contributed by atoms with Gasteiger partial charge in [0.15, 0.2) is 0 Å². The third-order valence-electron chi connectivity index (χ3n) is 1.59. The van der Waals surface area contributed by atoms with Gasteiger partial charge in [0.05, 0.1) is 4.90 Å². The molecule has 0 aliphatic heterocycles. The summed E-state index contributed by atoms with van der Waals surface area (Å²) < 4.78 is 21.8. The normalized spacial score (nSPS) is 12.0. The van der Waals surface area contributed by atoms with Gasteiger partial charge in [-0.2, -0.15) is 0 Å². The summed E-state index contributed by atoms with van der Waals surface area (Å²) in [7, 11) is 1.49. The van der Waals surface area contributed by atoms with E-state index in [1.165, 1.54) is 12.1 Å². The summed E-state index contributed by atoms with van der Waals surface area (Å²) in [6, 6.07) is 6.11. The molecule has 0 bridgehead atoms. The quantitative estimate of drug-likeness (QED) is 0.627. The Labute approximate surface area is 97.2 Å². The van der Waals surface area contributed by atoms with Crippen molar-refractivity contribution in [1.29, 1.82) is 0 Å². The van der Waals surface area contributed by atoms with Gasteiger partial charge in [0.2, 0.25) is 0 Å². The summed E-state index contributed by atoms with van der Waals surface area (Å²) >= 11 is 11.1. The Morgan fingerprint density at radius 1 is 1.14 bits per heavy atom. The minimum absolute atomic E-state index is 0.0728. The fraction of sp³-hybridized carbons (Fsp3) is 0.250. The second-order valence-electron chi connectivity index (χ2n) is 2.68. The molecule has 0 heterocycles. The van der Waals surface area contributed by atoms with Crippen LogP contribution >= 0.6 is 33.9 Å². The highest BCUT2D eigenvalue weighted by molar-refractivity contribution is 8.13. The summed E-state index contributed by atoms with van der Waals surface area (Å²) in [4.78, 5) is -0.419. The maximum atomic E-state index is 10.9. The van der Waals surface area contributed by atoms with Gasteiger partial charge in [0, 0.05) is 17.1 Å². The standard InChI is InChI=1S/C8H7Cl3O2S/c9-8(10)5-6-1-3-7(4-2-6)14(11,12)13/h1-4,8H,5H2. The Morgan fingerprint density at radius 3 is 2.00 bits per heavy atom. The first-order chi connectivity index (χ1) is 6.39. The molecule has 2 nitrogen and oxygen atoms in total. The van der Waals surface area contributed by atoms with Gasteiger partial charge in [-0.15, -0.1) is 23.2 Å². The van der Waals surface area contributed by atoms with E-state index in [9.17, 15) is 8.42 Å². The molecule has 6 heteroatoms. The lowest BCUT2D eigenvalue weighted by Crippen LogP contribution is -1.95. The number of hydrogen-bond acceptors (Lipinski definition) is 2. The van der Waals surface area contributed by atoms with Crippen molar-refractivity contribution in [3.63, 3.8) is 0 Å². The van der Waals surface area contributed by atoms with E-state index < -0.39 is 13.9 Å². The molecular weight excluding hydrogens is 267 g/mol. The zero-order valence-electron chi connectivity index (χ0n) is 6.95. The van der Waals surface area contributed by atoms with Gasteiger partial charge < -0.3 is 0 Å². The SMILES string of the molecule is O=S(=O)(Cl)c1ccc(CC(Cl)Cl)cc1. The molecule has 0 fully saturated rings. The van der Waals surface area contributed by atoms with Gasteiger partial charge >= 0.3 is 0 Å². The summed E-state index contributed by atoms with van der Waals surface area (Å²) in [5.74, 6) is 0. The number of rotatable bonds is 3. The van der Waals surface area contributed by atoms with Crippen molar-refractivity contribution < 1.29 is 8.42 Å². The second kappa shape index (κ2) is 4.71. The van der Waals surface area contributed by atoms with Gasteiger partial charge in [-0.3, -0.25) is 0 Å². The topological polar surface area (TPSA) is 34.1 Å². The molecule has 1 aromatic carbocycles. The molecule has 78 valence electrons. The van der Waals surface area contributed by atoms with Crippen molar-refractivity contribution in [3.05, 3.63) is 29.8 Å². The fourth-order valence-corrected chi connectivity index (χ4v) is 2.09. The summed E-state index contributed by atoms with van der Waals surface area (Å²) in [5, 5.41) is 0.